The van der Waals surface area contributed by atoms with Crippen LogP contribution in [0.5, 0.6) is 11.5 Å². The zero-order chi connectivity index (χ0) is 18.9. The molecule has 0 fully saturated rings. The van der Waals surface area contributed by atoms with Crippen LogP contribution in [0.15, 0.2) is 42.5 Å². The summed E-state index contributed by atoms with van der Waals surface area (Å²) in [5.41, 5.74) is 0.229. The van der Waals surface area contributed by atoms with Gasteiger partial charge >= 0.3 is 0 Å². The molecule has 0 radical (unpaired) electrons. The van der Waals surface area contributed by atoms with E-state index < -0.39 is 10.8 Å². The van der Waals surface area contributed by atoms with Crippen molar-refractivity contribution in [2.24, 2.45) is 0 Å². The molecule has 0 unspecified atom stereocenters. The predicted molar refractivity (Wildman–Crippen MR) is 99.1 cm³/mol. The van der Waals surface area contributed by atoms with Crippen LogP contribution in [0.3, 0.4) is 0 Å². The number of ether oxygens (including phenoxy) is 2. The minimum Gasteiger partial charge on any atom is -0.490 e. The molecule has 138 valence electrons. The van der Waals surface area contributed by atoms with Crippen molar-refractivity contribution >= 4 is 17.3 Å². The van der Waals surface area contributed by atoms with Crippen LogP contribution < -0.4 is 14.8 Å². The Morgan fingerprint density at radius 2 is 1.62 bits per heavy atom. The molecule has 7 heteroatoms. The molecule has 0 saturated carbocycles. The second-order valence-electron chi connectivity index (χ2n) is 5.59. The van der Waals surface area contributed by atoms with Gasteiger partial charge in [-0.1, -0.05) is 32.0 Å². The molecule has 2 rings (SSSR count). The SMILES string of the molecule is CCCOc1cc(NC(=O)c2ccccc2)c([N+](=O)[O-])cc1OCCC. The topological polar surface area (TPSA) is 90.7 Å². The molecule has 0 bridgehead atoms. The van der Waals surface area contributed by atoms with Crippen molar-refractivity contribution in [3.63, 3.8) is 0 Å². The molecule has 0 aromatic heterocycles. The Labute approximate surface area is 152 Å². The summed E-state index contributed by atoms with van der Waals surface area (Å²) >= 11 is 0. The van der Waals surface area contributed by atoms with Crippen molar-refractivity contribution in [1.82, 2.24) is 0 Å². The molecular formula is C19H22N2O5. The van der Waals surface area contributed by atoms with Crippen LogP contribution in [0.4, 0.5) is 11.4 Å². The largest absolute Gasteiger partial charge is 0.490 e. The van der Waals surface area contributed by atoms with Gasteiger partial charge in [-0.2, -0.15) is 0 Å². The van der Waals surface area contributed by atoms with Gasteiger partial charge in [0.15, 0.2) is 11.5 Å². The van der Waals surface area contributed by atoms with Gasteiger partial charge in [-0.25, -0.2) is 0 Å². The van der Waals surface area contributed by atoms with Crippen LogP contribution in [-0.4, -0.2) is 24.0 Å². The number of nitro benzene ring substituents is 1. The van der Waals surface area contributed by atoms with E-state index in [2.05, 4.69) is 5.32 Å². The smallest absolute Gasteiger partial charge is 0.296 e. The van der Waals surface area contributed by atoms with Crippen LogP contribution in [0.2, 0.25) is 0 Å². The lowest BCUT2D eigenvalue weighted by Crippen LogP contribution is -2.13. The predicted octanol–water partition coefficient (Wildman–Crippen LogP) is 4.42. The number of benzene rings is 2. The van der Waals surface area contributed by atoms with Gasteiger partial charge in [-0.05, 0) is 25.0 Å². The molecule has 7 nitrogen and oxygen atoms in total. The number of nitrogens with zero attached hydrogens (tertiary/aromatic N) is 1. The Hall–Kier alpha value is -3.09. The first-order valence-electron chi connectivity index (χ1n) is 8.51. The maximum atomic E-state index is 12.4. The standard InChI is InChI=1S/C19H22N2O5/c1-3-10-25-17-12-15(20-19(22)14-8-6-5-7-9-14)16(21(23)24)13-18(17)26-11-4-2/h5-9,12-13H,3-4,10-11H2,1-2H3,(H,20,22). The zero-order valence-corrected chi connectivity index (χ0v) is 14.9. The third kappa shape index (κ3) is 4.95. The maximum absolute atomic E-state index is 12.4. The fourth-order valence-electron chi connectivity index (χ4n) is 2.23. The molecule has 0 heterocycles. The van der Waals surface area contributed by atoms with E-state index in [9.17, 15) is 14.9 Å². The van der Waals surface area contributed by atoms with Crippen molar-refractivity contribution in [2.45, 2.75) is 26.7 Å². The number of carbonyl (C=O) groups excluding carboxylic acids is 1. The normalized spacial score (nSPS) is 10.2. The van der Waals surface area contributed by atoms with Crippen LogP contribution in [0, 0.1) is 10.1 Å². The van der Waals surface area contributed by atoms with E-state index in [4.69, 9.17) is 9.47 Å². The molecule has 0 atom stereocenters. The highest BCUT2D eigenvalue weighted by atomic mass is 16.6. The van der Waals surface area contributed by atoms with E-state index in [0.717, 1.165) is 12.8 Å². The first kappa shape index (κ1) is 19.2. The van der Waals surface area contributed by atoms with Gasteiger partial charge in [0.1, 0.15) is 5.69 Å². The summed E-state index contributed by atoms with van der Waals surface area (Å²) in [5.74, 6) is 0.233. The van der Waals surface area contributed by atoms with E-state index in [1.165, 1.54) is 12.1 Å². The van der Waals surface area contributed by atoms with Crippen molar-refractivity contribution in [3.8, 4) is 11.5 Å². The minimum absolute atomic E-state index is 0.0683. The van der Waals surface area contributed by atoms with E-state index in [1.54, 1.807) is 30.3 Å². The second kappa shape index (κ2) is 9.41. The second-order valence-corrected chi connectivity index (χ2v) is 5.59. The summed E-state index contributed by atoms with van der Waals surface area (Å²) < 4.78 is 11.2. The Morgan fingerprint density at radius 1 is 1.04 bits per heavy atom. The fourth-order valence-corrected chi connectivity index (χ4v) is 2.23. The van der Waals surface area contributed by atoms with Crippen molar-refractivity contribution in [1.29, 1.82) is 0 Å². The van der Waals surface area contributed by atoms with Crippen LogP contribution in [0.25, 0.3) is 0 Å². The van der Waals surface area contributed by atoms with Gasteiger partial charge in [0.2, 0.25) is 0 Å². The molecular weight excluding hydrogens is 336 g/mol. The average molecular weight is 358 g/mol. The van der Waals surface area contributed by atoms with E-state index >= 15 is 0 Å². The fraction of sp³-hybridized carbons (Fsp3) is 0.316. The number of hydrogen-bond donors (Lipinski definition) is 1. The summed E-state index contributed by atoms with van der Waals surface area (Å²) in [4.78, 5) is 23.3. The summed E-state index contributed by atoms with van der Waals surface area (Å²) in [7, 11) is 0. The minimum atomic E-state index is -0.553. The number of amides is 1. The molecule has 1 amide bonds. The van der Waals surface area contributed by atoms with E-state index in [1.807, 2.05) is 13.8 Å². The van der Waals surface area contributed by atoms with Gasteiger partial charge in [0.25, 0.3) is 11.6 Å². The molecule has 1 N–H and O–H groups in total. The summed E-state index contributed by atoms with van der Waals surface area (Å²) in [6.07, 6.45) is 1.53. The van der Waals surface area contributed by atoms with Crippen LogP contribution >= 0.6 is 0 Å². The Kier molecular flexibility index (Phi) is 6.96. The molecule has 0 saturated heterocycles. The lowest BCUT2D eigenvalue weighted by Gasteiger charge is -2.14. The highest BCUT2D eigenvalue weighted by Crippen LogP contribution is 2.38. The van der Waals surface area contributed by atoms with Crippen LogP contribution in [0.1, 0.15) is 37.0 Å². The summed E-state index contributed by atoms with van der Waals surface area (Å²) in [5, 5.41) is 14.0. The van der Waals surface area contributed by atoms with Crippen LogP contribution in [-0.2, 0) is 0 Å². The van der Waals surface area contributed by atoms with Gasteiger partial charge in [-0.3, -0.25) is 14.9 Å². The molecule has 26 heavy (non-hydrogen) atoms. The number of anilines is 1. The third-order valence-corrected chi connectivity index (χ3v) is 3.47. The Morgan fingerprint density at radius 3 is 2.15 bits per heavy atom. The van der Waals surface area contributed by atoms with Crippen molar-refractivity contribution in [2.75, 3.05) is 18.5 Å². The average Bonchev–Trinajstić information content (AvgIpc) is 2.65. The lowest BCUT2D eigenvalue weighted by atomic mass is 10.2. The number of hydrogen-bond acceptors (Lipinski definition) is 5. The molecule has 0 aliphatic heterocycles. The maximum Gasteiger partial charge on any atom is 0.296 e. The quantitative estimate of drug-likeness (QED) is 0.529. The van der Waals surface area contributed by atoms with E-state index in [0.29, 0.717) is 30.3 Å². The summed E-state index contributed by atoms with van der Waals surface area (Å²) in [6.45, 7) is 4.74. The third-order valence-electron chi connectivity index (χ3n) is 3.47. The highest BCUT2D eigenvalue weighted by Gasteiger charge is 2.22. The monoisotopic (exact) mass is 358 g/mol. The molecule has 0 aliphatic carbocycles. The Bertz CT molecular complexity index is 762. The number of rotatable bonds is 9. The van der Waals surface area contributed by atoms with Crippen molar-refractivity contribution in [3.05, 3.63) is 58.1 Å². The molecule has 0 aliphatic rings. The van der Waals surface area contributed by atoms with Gasteiger partial charge in [0.05, 0.1) is 24.2 Å². The zero-order valence-electron chi connectivity index (χ0n) is 14.9. The van der Waals surface area contributed by atoms with Gasteiger partial charge in [0, 0.05) is 11.6 Å². The first-order valence-corrected chi connectivity index (χ1v) is 8.51. The first-order chi connectivity index (χ1) is 12.6. The molecule has 2 aromatic rings. The van der Waals surface area contributed by atoms with E-state index in [-0.39, 0.29) is 11.4 Å². The van der Waals surface area contributed by atoms with Crippen molar-refractivity contribution < 1.29 is 19.2 Å². The number of nitrogens with one attached hydrogen (secondary N) is 1. The van der Waals surface area contributed by atoms with Gasteiger partial charge < -0.3 is 14.8 Å². The highest BCUT2D eigenvalue weighted by molar-refractivity contribution is 6.05. The Balaban J connectivity index is 2.38. The van der Waals surface area contributed by atoms with Gasteiger partial charge in [-0.15, -0.1) is 0 Å². The molecule has 0 spiro atoms. The lowest BCUT2D eigenvalue weighted by molar-refractivity contribution is -0.384. The summed E-state index contributed by atoms with van der Waals surface area (Å²) in [6, 6.07) is 11.2. The number of carbonyl (C=O) groups is 1. The number of nitro groups is 1. The molecule has 2 aromatic carbocycles.